The maximum Gasteiger partial charge on any atom is 0.124 e. The minimum absolute atomic E-state index is 0.279. The largest absolute Gasteiger partial charge is 0.508 e. The lowest BCUT2D eigenvalue weighted by atomic mass is 9.97. The normalized spacial score (nSPS) is 18.6. The van der Waals surface area contributed by atoms with Crippen LogP contribution >= 0.6 is 0 Å². The molecule has 0 saturated carbocycles. The molecule has 2 unspecified atom stereocenters. The van der Waals surface area contributed by atoms with Gasteiger partial charge in [-0.3, -0.25) is 0 Å². The number of phenols is 1. The van der Waals surface area contributed by atoms with Crippen LogP contribution in [0, 0.1) is 0 Å². The van der Waals surface area contributed by atoms with Crippen LogP contribution in [0.5, 0.6) is 11.5 Å². The van der Waals surface area contributed by atoms with Crippen LogP contribution in [0.1, 0.15) is 43.0 Å². The van der Waals surface area contributed by atoms with Gasteiger partial charge in [0.1, 0.15) is 11.5 Å². The average Bonchev–Trinajstić information content (AvgIpc) is 2.54. The second-order valence-electron chi connectivity index (χ2n) is 5.45. The van der Waals surface area contributed by atoms with E-state index in [-0.39, 0.29) is 6.04 Å². The summed E-state index contributed by atoms with van der Waals surface area (Å²) in [4.78, 5) is 0. The van der Waals surface area contributed by atoms with Crippen LogP contribution in [-0.4, -0.2) is 11.7 Å². The Morgan fingerprint density at radius 3 is 2.71 bits per heavy atom. The van der Waals surface area contributed by atoms with Crippen molar-refractivity contribution in [2.24, 2.45) is 0 Å². The number of para-hydroxylation sites is 1. The third kappa shape index (κ3) is 3.03. The molecule has 0 bridgehead atoms. The summed E-state index contributed by atoms with van der Waals surface area (Å²) in [6.45, 7) is 2.93. The molecule has 1 heterocycles. The maximum absolute atomic E-state index is 9.43. The average molecular weight is 283 g/mol. The predicted molar refractivity (Wildman–Crippen MR) is 83.6 cm³/mol. The molecule has 1 aliphatic heterocycles. The summed E-state index contributed by atoms with van der Waals surface area (Å²) < 4.78 is 5.72. The van der Waals surface area contributed by atoms with Crippen LogP contribution in [0.4, 0.5) is 0 Å². The van der Waals surface area contributed by atoms with Crippen LogP contribution in [0.25, 0.3) is 0 Å². The molecule has 2 aromatic rings. The highest BCUT2D eigenvalue weighted by Crippen LogP contribution is 2.34. The first-order valence-electron chi connectivity index (χ1n) is 7.54. The van der Waals surface area contributed by atoms with Crippen molar-refractivity contribution in [3.05, 3.63) is 59.7 Å². The number of aromatic hydroxyl groups is 1. The number of rotatable bonds is 4. The highest BCUT2D eigenvalue weighted by molar-refractivity contribution is 5.38. The molecule has 3 heteroatoms. The molecule has 0 saturated heterocycles. The number of phenolic OH excluding ortho intramolecular Hbond substituents is 1. The molecule has 2 aromatic carbocycles. The lowest BCUT2D eigenvalue weighted by Gasteiger charge is -2.30. The Morgan fingerprint density at radius 1 is 1.19 bits per heavy atom. The Hall–Kier alpha value is -2.00. The van der Waals surface area contributed by atoms with E-state index in [4.69, 9.17) is 4.74 Å². The number of hydrogen-bond donors (Lipinski definition) is 2. The molecule has 0 aliphatic carbocycles. The molecule has 0 radical (unpaired) electrons. The van der Waals surface area contributed by atoms with Gasteiger partial charge < -0.3 is 15.2 Å². The predicted octanol–water partition coefficient (Wildman–Crippen LogP) is 3.96. The lowest BCUT2D eigenvalue weighted by molar-refractivity contribution is 0.243. The fourth-order valence-electron chi connectivity index (χ4n) is 2.91. The Labute approximate surface area is 125 Å². The first kappa shape index (κ1) is 14.0. The number of hydrogen-bond acceptors (Lipinski definition) is 3. The van der Waals surface area contributed by atoms with E-state index in [1.54, 1.807) is 12.1 Å². The highest BCUT2D eigenvalue weighted by Gasteiger charge is 2.23. The minimum atomic E-state index is 0.279. The number of ether oxygens (including phenoxy) is 1. The van der Waals surface area contributed by atoms with Gasteiger partial charge in [0.05, 0.1) is 6.61 Å². The van der Waals surface area contributed by atoms with Crippen LogP contribution in [0.15, 0.2) is 48.5 Å². The van der Waals surface area contributed by atoms with Gasteiger partial charge >= 0.3 is 0 Å². The third-order valence-electron chi connectivity index (χ3n) is 4.06. The summed E-state index contributed by atoms with van der Waals surface area (Å²) in [7, 11) is 0. The molecule has 3 nitrogen and oxygen atoms in total. The van der Waals surface area contributed by atoms with Crippen molar-refractivity contribution in [2.45, 2.75) is 31.8 Å². The van der Waals surface area contributed by atoms with Crippen LogP contribution in [-0.2, 0) is 0 Å². The molecule has 0 amide bonds. The van der Waals surface area contributed by atoms with Crippen molar-refractivity contribution in [3.63, 3.8) is 0 Å². The lowest BCUT2D eigenvalue weighted by Crippen LogP contribution is -2.30. The zero-order valence-corrected chi connectivity index (χ0v) is 12.3. The smallest absolute Gasteiger partial charge is 0.124 e. The molecule has 1 aliphatic rings. The molecule has 110 valence electrons. The summed E-state index contributed by atoms with van der Waals surface area (Å²) in [5.74, 6) is 1.30. The summed E-state index contributed by atoms with van der Waals surface area (Å²) in [6.07, 6.45) is 1.98. The summed E-state index contributed by atoms with van der Waals surface area (Å²) in [5.41, 5.74) is 2.44. The van der Waals surface area contributed by atoms with Gasteiger partial charge in [-0.1, -0.05) is 37.3 Å². The quantitative estimate of drug-likeness (QED) is 0.892. The summed E-state index contributed by atoms with van der Waals surface area (Å²) in [5, 5.41) is 13.2. The van der Waals surface area contributed by atoms with Gasteiger partial charge in [-0.25, -0.2) is 0 Å². The molecule has 2 atom stereocenters. The second kappa shape index (κ2) is 6.19. The Morgan fingerprint density at radius 2 is 1.95 bits per heavy atom. The van der Waals surface area contributed by atoms with Crippen LogP contribution in [0.2, 0.25) is 0 Å². The van der Waals surface area contributed by atoms with Crippen molar-refractivity contribution in [3.8, 4) is 11.5 Å². The number of fused-ring (bicyclic) bond motifs is 1. The van der Waals surface area contributed by atoms with Crippen molar-refractivity contribution < 1.29 is 9.84 Å². The van der Waals surface area contributed by atoms with Crippen LogP contribution in [0.3, 0.4) is 0 Å². The first-order chi connectivity index (χ1) is 10.3. The highest BCUT2D eigenvalue weighted by atomic mass is 16.5. The van der Waals surface area contributed by atoms with E-state index in [9.17, 15) is 5.11 Å². The van der Waals surface area contributed by atoms with Gasteiger partial charge in [0.2, 0.25) is 0 Å². The fourth-order valence-corrected chi connectivity index (χ4v) is 2.91. The van der Waals surface area contributed by atoms with E-state index in [0.29, 0.717) is 11.8 Å². The molecule has 0 spiro atoms. The van der Waals surface area contributed by atoms with Gasteiger partial charge in [0.25, 0.3) is 0 Å². The SMILES string of the molecule is CCC(NC1CCOc2ccccc21)c1ccc(O)cc1. The van der Waals surface area contributed by atoms with Crippen molar-refractivity contribution in [1.29, 1.82) is 0 Å². The Balaban J connectivity index is 1.80. The Bertz CT molecular complexity index is 594. The molecule has 21 heavy (non-hydrogen) atoms. The number of nitrogens with one attached hydrogen (secondary N) is 1. The molecule has 3 rings (SSSR count). The van der Waals surface area contributed by atoms with E-state index in [1.165, 1.54) is 11.1 Å². The molecule has 0 fully saturated rings. The minimum Gasteiger partial charge on any atom is -0.508 e. The van der Waals surface area contributed by atoms with E-state index in [1.807, 2.05) is 24.3 Å². The molecule has 2 N–H and O–H groups in total. The van der Waals surface area contributed by atoms with Gasteiger partial charge in [0.15, 0.2) is 0 Å². The van der Waals surface area contributed by atoms with E-state index in [0.717, 1.165) is 25.2 Å². The Kier molecular flexibility index (Phi) is 4.11. The van der Waals surface area contributed by atoms with E-state index < -0.39 is 0 Å². The van der Waals surface area contributed by atoms with Crippen molar-refractivity contribution in [2.75, 3.05) is 6.61 Å². The molecule has 0 aromatic heterocycles. The monoisotopic (exact) mass is 283 g/mol. The summed E-state index contributed by atoms with van der Waals surface area (Å²) >= 11 is 0. The first-order valence-corrected chi connectivity index (χ1v) is 7.54. The third-order valence-corrected chi connectivity index (χ3v) is 4.06. The van der Waals surface area contributed by atoms with Gasteiger partial charge in [-0.05, 0) is 30.2 Å². The zero-order valence-electron chi connectivity index (χ0n) is 12.3. The van der Waals surface area contributed by atoms with Crippen molar-refractivity contribution >= 4 is 0 Å². The second-order valence-corrected chi connectivity index (χ2v) is 5.45. The topological polar surface area (TPSA) is 41.5 Å². The maximum atomic E-state index is 9.43. The van der Waals surface area contributed by atoms with E-state index >= 15 is 0 Å². The molecular formula is C18H21NO2. The van der Waals surface area contributed by atoms with Gasteiger partial charge in [0, 0.05) is 24.1 Å². The van der Waals surface area contributed by atoms with E-state index in [2.05, 4.69) is 24.4 Å². The molecular weight excluding hydrogens is 262 g/mol. The van der Waals surface area contributed by atoms with Crippen molar-refractivity contribution in [1.82, 2.24) is 5.32 Å². The van der Waals surface area contributed by atoms with Crippen LogP contribution < -0.4 is 10.1 Å². The standard InChI is InChI=1S/C18H21NO2/c1-2-16(13-7-9-14(20)10-8-13)19-17-11-12-21-18-6-4-3-5-15(17)18/h3-10,16-17,19-20H,2,11-12H2,1H3. The summed E-state index contributed by atoms with van der Waals surface area (Å²) in [6, 6.07) is 16.3. The van der Waals surface area contributed by atoms with Gasteiger partial charge in [-0.15, -0.1) is 0 Å². The van der Waals surface area contributed by atoms with Gasteiger partial charge in [-0.2, -0.15) is 0 Å². The zero-order chi connectivity index (χ0) is 14.7. The fraction of sp³-hybridized carbons (Fsp3) is 0.333. The number of benzene rings is 2.